The Bertz CT molecular complexity index is 1190. The fraction of sp³-hybridized carbons (Fsp3) is 0.292. The van der Waals surface area contributed by atoms with Crippen LogP contribution < -0.4 is 10.5 Å². The molecule has 2 amide bonds. The van der Waals surface area contributed by atoms with E-state index in [1.807, 2.05) is 37.2 Å². The van der Waals surface area contributed by atoms with Gasteiger partial charge in [-0.3, -0.25) is 14.7 Å². The Hall–Kier alpha value is -3.85. The largest absolute Gasteiger partial charge is 0.508 e. The first-order chi connectivity index (χ1) is 15.8. The summed E-state index contributed by atoms with van der Waals surface area (Å²) < 4.78 is 6.12. The van der Waals surface area contributed by atoms with Crippen molar-refractivity contribution in [2.24, 2.45) is 11.7 Å². The second kappa shape index (κ2) is 9.33. The molecule has 33 heavy (non-hydrogen) atoms. The Morgan fingerprint density at radius 2 is 1.97 bits per heavy atom. The van der Waals surface area contributed by atoms with Gasteiger partial charge in [0.25, 0.3) is 5.91 Å². The minimum atomic E-state index is -0.645. The van der Waals surface area contributed by atoms with E-state index in [0.717, 1.165) is 11.1 Å². The Kier molecular flexibility index (Phi) is 6.32. The quantitative estimate of drug-likeness (QED) is 0.452. The first-order valence-corrected chi connectivity index (χ1v) is 10.7. The van der Waals surface area contributed by atoms with E-state index in [9.17, 15) is 14.7 Å². The lowest BCUT2D eigenvalue weighted by atomic mass is 10.0. The topological polar surface area (TPSA) is 125 Å². The number of ether oxygens (including phenoxy) is 1. The number of fused-ring (bicyclic) bond motifs is 1. The van der Waals surface area contributed by atoms with Gasteiger partial charge >= 0.3 is 0 Å². The van der Waals surface area contributed by atoms with E-state index in [4.69, 9.17) is 10.5 Å². The summed E-state index contributed by atoms with van der Waals surface area (Å²) in [6.45, 7) is 2.33. The number of benzene rings is 2. The molecule has 2 heterocycles. The molecule has 1 saturated heterocycles. The van der Waals surface area contributed by atoms with Crippen molar-refractivity contribution >= 4 is 22.7 Å². The lowest BCUT2D eigenvalue weighted by molar-refractivity contribution is -0.132. The molecule has 3 aromatic rings. The fourth-order valence-corrected chi connectivity index (χ4v) is 3.77. The van der Waals surface area contributed by atoms with Gasteiger partial charge in [0.1, 0.15) is 11.5 Å². The van der Waals surface area contributed by atoms with E-state index in [2.05, 4.69) is 10.2 Å². The van der Waals surface area contributed by atoms with Crippen LogP contribution in [0.4, 0.5) is 0 Å². The summed E-state index contributed by atoms with van der Waals surface area (Å²) in [5.41, 5.74) is 7.96. The average Bonchev–Trinajstić information content (AvgIpc) is 3.17. The van der Waals surface area contributed by atoms with Gasteiger partial charge in [0.05, 0.1) is 17.5 Å². The molecule has 1 aliphatic rings. The number of nitrogens with two attached hydrogens (primary N) is 1. The second-order valence-electron chi connectivity index (χ2n) is 8.47. The lowest BCUT2D eigenvalue weighted by Gasteiger charge is -2.38. The average molecular weight is 450 g/mol. The van der Waals surface area contributed by atoms with Crippen molar-refractivity contribution in [3.8, 4) is 22.6 Å². The molecule has 1 aromatic heterocycles. The van der Waals surface area contributed by atoms with Gasteiger partial charge in [-0.1, -0.05) is 18.2 Å². The normalized spacial score (nSPS) is 14.2. The number of phenols is 1. The SMILES string of the molecule is CN(C)C/C=C/C(=O)N1CC(COc2cc(-c3ccc(O)cc3)cc3[nH]nc(C(N)=O)c23)C1. The Balaban J connectivity index is 1.49. The summed E-state index contributed by atoms with van der Waals surface area (Å²) in [6, 6.07) is 10.5. The number of aromatic hydroxyl groups is 1. The van der Waals surface area contributed by atoms with Crippen LogP contribution in [0.15, 0.2) is 48.6 Å². The first-order valence-electron chi connectivity index (χ1n) is 10.7. The Labute approximate surface area is 191 Å². The number of H-pyrrole nitrogens is 1. The van der Waals surface area contributed by atoms with E-state index in [-0.39, 0.29) is 23.3 Å². The van der Waals surface area contributed by atoms with Gasteiger partial charge in [-0.25, -0.2) is 0 Å². The molecular weight excluding hydrogens is 422 g/mol. The zero-order valence-electron chi connectivity index (χ0n) is 18.6. The van der Waals surface area contributed by atoms with E-state index < -0.39 is 5.91 Å². The van der Waals surface area contributed by atoms with Gasteiger partial charge in [-0.05, 0) is 49.5 Å². The van der Waals surface area contributed by atoms with Gasteiger partial charge in [-0.15, -0.1) is 0 Å². The predicted octanol–water partition coefficient (Wildman–Crippen LogP) is 1.99. The van der Waals surface area contributed by atoms with Gasteiger partial charge in [-0.2, -0.15) is 5.10 Å². The van der Waals surface area contributed by atoms with Crippen LogP contribution in [0.3, 0.4) is 0 Å². The molecule has 9 heteroatoms. The highest BCUT2D eigenvalue weighted by atomic mass is 16.5. The molecule has 1 aliphatic heterocycles. The summed E-state index contributed by atoms with van der Waals surface area (Å²) in [6.07, 6.45) is 3.45. The fourth-order valence-electron chi connectivity index (χ4n) is 3.77. The van der Waals surface area contributed by atoms with E-state index in [0.29, 0.717) is 42.9 Å². The molecule has 4 N–H and O–H groups in total. The molecule has 4 rings (SSSR count). The minimum absolute atomic E-state index is 0.00401. The van der Waals surface area contributed by atoms with Crippen LogP contribution >= 0.6 is 0 Å². The van der Waals surface area contributed by atoms with Crippen molar-refractivity contribution < 1.29 is 19.4 Å². The van der Waals surface area contributed by atoms with Crippen LogP contribution in [-0.4, -0.2) is 77.3 Å². The van der Waals surface area contributed by atoms with Crippen molar-refractivity contribution in [3.05, 3.63) is 54.2 Å². The van der Waals surface area contributed by atoms with Crippen molar-refractivity contribution in [1.82, 2.24) is 20.0 Å². The highest BCUT2D eigenvalue weighted by Crippen LogP contribution is 2.34. The van der Waals surface area contributed by atoms with Crippen LogP contribution in [0.25, 0.3) is 22.0 Å². The monoisotopic (exact) mass is 449 g/mol. The predicted molar refractivity (Wildman–Crippen MR) is 125 cm³/mol. The number of phenolic OH excluding ortho intramolecular Hbond substituents is 1. The molecular formula is C24H27N5O4. The van der Waals surface area contributed by atoms with Crippen LogP contribution in [-0.2, 0) is 4.79 Å². The maximum atomic E-state index is 12.2. The summed E-state index contributed by atoms with van der Waals surface area (Å²) in [5, 5.41) is 17.0. The van der Waals surface area contributed by atoms with E-state index in [1.54, 1.807) is 35.2 Å². The molecule has 0 radical (unpaired) electrons. The zero-order chi connectivity index (χ0) is 23.5. The van der Waals surface area contributed by atoms with Crippen LogP contribution in [0, 0.1) is 5.92 Å². The smallest absolute Gasteiger partial charge is 0.269 e. The summed E-state index contributed by atoms with van der Waals surface area (Å²) >= 11 is 0. The Morgan fingerprint density at radius 3 is 2.64 bits per heavy atom. The molecule has 1 fully saturated rings. The third-order valence-electron chi connectivity index (χ3n) is 5.54. The maximum absolute atomic E-state index is 12.2. The number of hydrogen-bond donors (Lipinski definition) is 3. The standard InChI is InChI=1S/C24H27N5O4/c1-28(2)9-3-4-21(31)29-12-15(13-29)14-33-20-11-17(16-5-7-18(30)8-6-16)10-19-22(20)23(24(25)32)27-26-19/h3-8,10-11,15,30H,9,12-14H2,1-2H3,(H2,25,32)(H,26,27)/b4-3+. The van der Waals surface area contributed by atoms with Crippen LogP contribution in [0.5, 0.6) is 11.5 Å². The molecule has 0 aliphatic carbocycles. The van der Waals surface area contributed by atoms with E-state index >= 15 is 0 Å². The van der Waals surface area contributed by atoms with Crippen molar-refractivity contribution in [2.45, 2.75) is 0 Å². The van der Waals surface area contributed by atoms with Gasteiger partial charge in [0.15, 0.2) is 5.69 Å². The van der Waals surface area contributed by atoms with Gasteiger partial charge in [0.2, 0.25) is 5.91 Å². The Morgan fingerprint density at radius 1 is 1.24 bits per heavy atom. The number of amides is 2. The molecule has 172 valence electrons. The number of carbonyl (C=O) groups excluding carboxylic acids is 2. The molecule has 0 unspecified atom stereocenters. The number of nitrogens with zero attached hydrogens (tertiary/aromatic N) is 3. The van der Waals surface area contributed by atoms with Crippen molar-refractivity contribution in [1.29, 1.82) is 0 Å². The molecule has 2 aromatic carbocycles. The number of hydrogen-bond acceptors (Lipinski definition) is 6. The third-order valence-corrected chi connectivity index (χ3v) is 5.54. The highest BCUT2D eigenvalue weighted by molar-refractivity contribution is 6.07. The number of aromatic nitrogens is 2. The van der Waals surface area contributed by atoms with Crippen molar-refractivity contribution in [3.63, 3.8) is 0 Å². The van der Waals surface area contributed by atoms with Gasteiger partial charge < -0.3 is 25.4 Å². The summed E-state index contributed by atoms with van der Waals surface area (Å²) in [4.78, 5) is 27.8. The van der Waals surface area contributed by atoms with Gasteiger partial charge in [0, 0.05) is 31.6 Å². The number of likely N-dealkylation sites (tertiary alicyclic amines) is 1. The molecule has 0 bridgehead atoms. The zero-order valence-corrected chi connectivity index (χ0v) is 18.6. The molecule has 9 nitrogen and oxygen atoms in total. The number of carbonyl (C=O) groups is 2. The maximum Gasteiger partial charge on any atom is 0.269 e. The highest BCUT2D eigenvalue weighted by Gasteiger charge is 2.30. The summed E-state index contributed by atoms with van der Waals surface area (Å²) in [7, 11) is 3.90. The summed E-state index contributed by atoms with van der Waals surface area (Å²) in [5.74, 6) is 0.208. The number of primary amides is 1. The molecule has 0 spiro atoms. The number of nitrogens with one attached hydrogen (secondary N) is 1. The van der Waals surface area contributed by atoms with Crippen molar-refractivity contribution in [2.75, 3.05) is 40.3 Å². The molecule has 0 saturated carbocycles. The van der Waals surface area contributed by atoms with Crippen LogP contribution in [0.2, 0.25) is 0 Å². The van der Waals surface area contributed by atoms with Crippen LogP contribution in [0.1, 0.15) is 10.5 Å². The third kappa shape index (κ3) is 4.98. The second-order valence-corrected chi connectivity index (χ2v) is 8.47. The number of rotatable bonds is 8. The number of likely N-dealkylation sites (N-methyl/N-ethyl adjacent to an activating group) is 1. The minimum Gasteiger partial charge on any atom is -0.508 e. The van der Waals surface area contributed by atoms with E-state index in [1.165, 1.54) is 0 Å². The molecule has 0 atom stereocenters. The number of aromatic amines is 1. The first kappa shape index (κ1) is 22.3. The lowest BCUT2D eigenvalue weighted by Crippen LogP contribution is -2.51.